The van der Waals surface area contributed by atoms with Gasteiger partial charge >= 0.3 is 78.9 Å². The van der Waals surface area contributed by atoms with Crippen LogP contribution in [0.5, 0.6) is 0 Å². The van der Waals surface area contributed by atoms with Crippen LogP contribution in [0.2, 0.25) is 0 Å². The Morgan fingerprint density at radius 2 is 1.80 bits per heavy atom. The van der Waals surface area contributed by atoms with E-state index in [1.54, 1.807) is 19.4 Å². The van der Waals surface area contributed by atoms with Crippen molar-refractivity contribution in [3.05, 3.63) is 11.6 Å². The Kier molecular flexibility index (Phi) is 12.2. The van der Waals surface area contributed by atoms with Gasteiger partial charge in [0.15, 0.2) is 0 Å². The first-order valence-electron chi connectivity index (χ1n) is 2.83. The topological polar surface area (TPSA) is 0 Å². The molecule has 0 bridgehead atoms. The molecule has 3 heteroatoms. The Balaban J connectivity index is 0. The minimum absolute atomic E-state index is 0. The van der Waals surface area contributed by atoms with Crippen LogP contribution in [0.25, 0.3) is 0 Å². The van der Waals surface area contributed by atoms with Crippen LogP contribution in [0.15, 0.2) is 11.6 Å². The van der Waals surface area contributed by atoms with Crippen LogP contribution in [-0.4, -0.2) is 8.80 Å². The summed E-state index contributed by atoms with van der Waals surface area (Å²) in [7, 11) is 0. The molecule has 0 aliphatic carbocycles. The van der Waals surface area contributed by atoms with Gasteiger partial charge in [-0.2, -0.15) is 0 Å². The van der Waals surface area contributed by atoms with Crippen LogP contribution in [0.3, 0.4) is 0 Å². The van der Waals surface area contributed by atoms with E-state index in [0.717, 1.165) is 0 Å². The normalized spacial score (nSPS) is 10.5. The van der Waals surface area contributed by atoms with Crippen molar-refractivity contribution in [3.8, 4) is 0 Å². The molecule has 0 rings (SSSR count). The fourth-order valence-corrected chi connectivity index (χ4v) is 2.27. The fraction of sp³-hybridized carbons (Fsp3) is 0.429. The summed E-state index contributed by atoms with van der Waals surface area (Å²) < 4.78 is 4.43. The molecule has 0 aromatic heterocycles. The van der Waals surface area contributed by atoms with Crippen LogP contribution in [0, 0.1) is 5.92 Å². The van der Waals surface area contributed by atoms with Crippen molar-refractivity contribution in [1.82, 2.24) is 0 Å². The van der Waals surface area contributed by atoms with E-state index in [4.69, 9.17) is 0 Å². The zero-order chi connectivity index (χ0) is 7.28. The first kappa shape index (κ1) is 14.1. The zero-order valence-electron chi connectivity index (χ0n) is 6.03. The van der Waals surface area contributed by atoms with Gasteiger partial charge in [0.05, 0.1) is 0 Å². The first-order valence-corrected chi connectivity index (χ1v) is 6.21. The molecule has 0 N–H and O–H groups in total. The summed E-state index contributed by atoms with van der Waals surface area (Å²) in [4.78, 5) is 0. The molecule has 56 valence electrons. The van der Waals surface area contributed by atoms with Crippen LogP contribution >= 0.6 is 0 Å². The second-order valence-electron chi connectivity index (χ2n) is 2.08. The molecule has 0 spiro atoms. The molecule has 0 radical (unpaired) electrons. The van der Waals surface area contributed by atoms with Crippen molar-refractivity contribution in [2.45, 2.75) is 13.8 Å². The van der Waals surface area contributed by atoms with Gasteiger partial charge in [-0.1, -0.05) is 0 Å². The molecule has 0 amide bonds. The molecular weight excluding hydrogens is 636 g/mol. The predicted octanol–water partition coefficient (Wildman–Crippen LogP) is 1.26. The molecule has 0 aliphatic rings. The van der Waals surface area contributed by atoms with Crippen LogP contribution in [0.4, 0.5) is 0 Å². The average Bonchev–Trinajstić information content (AvgIpc) is 1.82. The number of hydrogen-bond acceptors (Lipinski definition) is 0. The van der Waals surface area contributed by atoms with Crippen LogP contribution in [0.1, 0.15) is 13.8 Å². The summed E-state index contributed by atoms with van der Waals surface area (Å²) >= 11 is 3.07. The SMILES string of the molecule is CC(C)C([CH]=[W])=C[CH]=[W].[W]. The molecule has 0 atom stereocenters. The van der Waals surface area contributed by atoms with E-state index in [2.05, 4.69) is 28.7 Å². The number of hydrogen-bond donors (Lipinski definition) is 0. The molecule has 0 aromatic carbocycles. The third kappa shape index (κ3) is 6.27. The summed E-state index contributed by atoms with van der Waals surface area (Å²) in [6.45, 7) is 4.45. The molecule has 0 saturated heterocycles. The maximum Gasteiger partial charge on any atom is 0 e. The summed E-state index contributed by atoms with van der Waals surface area (Å²) in [5.74, 6) is 0.693. The van der Waals surface area contributed by atoms with Gasteiger partial charge in [0.1, 0.15) is 0 Å². The molecule has 0 unspecified atom stereocenters. The smallest absolute Gasteiger partial charge is 0 e. The molecule has 0 aromatic rings. The van der Waals surface area contributed by atoms with E-state index in [1.807, 2.05) is 0 Å². The van der Waals surface area contributed by atoms with Gasteiger partial charge in [-0.05, 0) is 0 Å². The Hall–Kier alpha value is 1.54. The van der Waals surface area contributed by atoms with Crippen molar-refractivity contribution >= 4 is 8.80 Å². The maximum atomic E-state index is 2.25. The maximum absolute atomic E-state index is 2.25. The quantitative estimate of drug-likeness (QED) is 0.434. The first-order chi connectivity index (χ1) is 4.22. The third-order valence-corrected chi connectivity index (χ3v) is 2.53. The van der Waals surface area contributed by atoms with Crippen molar-refractivity contribution < 1.29 is 59.8 Å². The van der Waals surface area contributed by atoms with Crippen molar-refractivity contribution in [3.63, 3.8) is 0 Å². The fourth-order valence-electron chi connectivity index (χ4n) is 0.446. The summed E-state index contributed by atoms with van der Waals surface area (Å²) in [6.07, 6.45) is 2.22. The second kappa shape index (κ2) is 8.64. The molecule has 0 fully saturated rings. The van der Waals surface area contributed by atoms with Gasteiger partial charge in [-0.15, -0.1) is 0 Å². The van der Waals surface area contributed by atoms with Gasteiger partial charge in [0.25, 0.3) is 0 Å². The average molecular weight is 646 g/mol. The van der Waals surface area contributed by atoms with E-state index in [9.17, 15) is 0 Å². The summed E-state index contributed by atoms with van der Waals surface area (Å²) in [5.41, 5.74) is 1.47. The standard InChI is InChI=1S/C7H10.3W/c1-5-7(4)6(2)3;;;/h1,4-6H,2-3H3;;;. The molecular formula is C7H10W3. The monoisotopic (exact) mass is 646 g/mol. The van der Waals surface area contributed by atoms with E-state index in [1.165, 1.54) is 24.9 Å². The third-order valence-electron chi connectivity index (χ3n) is 1.06. The van der Waals surface area contributed by atoms with E-state index in [-0.39, 0.29) is 21.1 Å². The minimum atomic E-state index is 0. The van der Waals surface area contributed by atoms with Crippen LogP contribution < -0.4 is 0 Å². The Morgan fingerprint density at radius 3 is 1.90 bits per heavy atom. The molecule has 0 heterocycles. The van der Waals surface area contributed by atoms with Gasteiger partial charge in [-0.3, -0.25) is 0 Å². The van der Waals surface area contributed by atoms with E-state index in [0.29, 0.717) is 5.92 Å². The second-order valence-corrected chi connectivity index (χ2v) is 3.90. The van der Waals surface area contributed by atoms with Gasteiger partial charge in [-0.25, -0.2) is 0 Å². The minimum Gasteiger partial charge on any atom is 0 e. The number of allylic oxidation sites excluding steroid dienone is 2. The summed E-state index contributed by atoms with van der Waals surface area (Å²) in [6, 6.07) is 0. The summed E-state index contributed by atoms with van der Waals surface area (Å²) in [5, 5.41) is 0. The Labute approximate surface area is 98.9 Å². The molecule has 10 heavy (non-hydrogen) atoms. The predicted molar refractivity (Wildman–Crippen MR) is 35.0 cm³/mol. The zero-order valence-corrected chi connectivity index (χ0v) is 14.8. The van der Waals surface area contributed by atoms with Crippen molar-refractivity contribution in [1.29, 1.82) is 0 Å². The van der Waals surface area contributed by atoms with Crippen LogP contribution in [-0.2, 0) is 59.8 Å². The Morgan fingerprint density at radius 1 is 1.30 bits per heavy atom. The van der Waals surface area contributed by atoms with E-state index >= 15 is 0 Å². The van der Waals surface area contributed by atoms with E-state index < -0.39 is 0 Å². The molecule has 0 nitrogen and oxygen atoms in total. The number of rotatable bonds is 3. The van der Waals surface area contributed by atoms with Crippen molar-refractivity contribution in [2.24, 2.45) is 5.92 Å². The molecule has 0 saturated carbocycles. The van der Waals surface area contributed by atoms with Gasteiger partial charge in [0.2, 0.25) is 0 Å². The largest absolute Gasteiger partial charge is 0 e. The van der Waals surface area contributed by atoms with Gasteiger partial charge < -0.3 is 0 Å². The van der Waals surface area contributed by atoms with Gasteiger partial charge in [0, 0.05) is 21.1 Å². The Bertz CT molecular complexity index is 136. The molecule has 0 aliphatic heterocycles. The van der Waals surface area contributed by atoms with Crippen molar-refractivity contribution in [2.75, 3.05) is 0 Å².